The van der Waals surface area contributed by atoms with E-state index in [1.165, 1.54) is 0 Å². The average Bonchev–Trinajstić information content (AvgIpc) is 2.19. The number of aromatic nitrogens is 1. The predicted molar refractivity (Wildman–Crippen MR) is 62.0 cm³/mol. The van der Waals surface area contributed by atoms with Gasteiger partial charge in [-0.1, -0.05) is 26.8 Å². The lowest BCUT2D eigenvalue weighted by atomic mass is 9.91. The molecule has 0 bridgehead atoms. The van der Waals surface area contributed by atoms with Gasteiger partial charge in [0.05, 0.1) is 0 Å². The first-order valence-corrected chi connectivity index (χ1v) is 5.42. The summed E-state index contributed by atoms with van der Waals surface area (Å²) in [5, 5.41) is 0. The van der Waals surface area contributed by atoms with Gasteiger partial charge in [0.15, 0.2) is 5.78 Å². The zero-order chi connectivity index (χ0) is 11.6. The molecule has 1 heterocycles. The number of ketones is 1. The molecule has 0 saturated heterocycles. The van der Waals surface area contributed by atoms with Crippen molar-refractivity contribution in [3.8, 4) is 0 Å². The van der Waals surface area contributed by atoms with Gasteiger partial charge < -0.3 is 0 Å². The summed E-state index contributed by atoms with van der Waals surface area (Å²) in [5.41, 5.74) is 2.67. The molecule has 2 nitrogen and oxygen atoms in total. The normalized spacial score (nSPS) is 12.9. The molecular formula is C13H19NO. The predicted octanol–water partition coefficient (Wildman–Crippen LogP) is 3.17. The Kier molecular flexibility index (Phi) is 3.61. The van der Waals surface area contributed by atoms with E-state index in [-0.39, 0.29) is 11.7 Å². The number of carbonyl (C=O) groups is 1. The molecule has 0 aliphatic carbocycles. The lowest BCUT2D eigenvalue weighted by Gasteiger charge is -2.14. The molecule has 0 fully saturated rings. The SMILES string of the molecule is Cc1ccc(C(=O)C(C)C(C)C)nc1C. The van der Waals surface area contributed by atoms with Crippen LogP contribution in [0.1, 0.15) is 42.5 Å². The highest BCUT2D eigenvalue weighted by atomic mass is 16.1. The lowest BCUT2D eigenvalue weighted by Crippen LogP contribution is -2.18. The van der Waals surface area contributed by atoms with Crippen LogP contribution in [0.3, 0.4) is 0 Å². The van der Waals surface area contributed by atoms with E-state index in [2.05, 4.69) is 18.8 Å². The second kappa shape index (κ2) is 4.56. The summed E-state index contributed by atoms with van der Waals surface area (Å²) < 4.78 is 0. The Balaban J connectivity index is 2.97. The van der Waals surface area contributed by atoms with E-state index < -0.39 is 0 Å². The van der Waals surface area contributed by atoms with E-state index in [1.807, 2.05) is 32.9 Å². The standard InChI is InChI=1S/C13H19NO/c1-8(2)10(4)13(15)12-7-6-9(3)11(5)14-12/h6-8,10H,1-5H3. The van der Waals surface area contributed by atoms with Crippen LogP contribution in [0.4, 0.5) is 0 Å². The molecule has 0 amide bonds. The third-order valence-corrected chi connectivity index (χ3v) is 3.02. The second-order valence-electron chi connectivity index (χ2n) is 4.50. The van der Waals surface area contributed by atoms with Gasteiger partial charge in [-0.2, -0.15) is 0 Å². The maximum absolute atomic E-state index is 12.0. The first-order chi connectivity index (χ1) is 6.93. The number of Topliss-reactive ketones (excluding diaryl/α,β-unsaturated/α-hetero) is 1. The molecule has 0 aromatic carbocycles. The fraction of sp³-hybridized carbons (Fsp3) is 0.538. The molecule has 1 rings (SSSR count). The number of nitrogens with zero attached hydrogens (tertiary/aromatic N) is 1. The molecule has 1 atom stereocenters. The third-order valence-electron chi connectivity index (χ3n) is 3.02. The first-order valence-electron chi connectivity index (χ1n) is 5.42. The molecule has 0 radical (unpaired) electrons. The fourth-order valence-electron chi connectivity index (χ4n) is 1.30. The number of rotatable bonds is 3. The zero-order valence-electron chi connectivity index (χ0n) is 10.2. The Hall–Kier alpha value is -1.18. The minimum Gasteiger partial charge on any atom is -0.292 e. The van der Waals surface area contributed by atoms with Crippen LogP contribution >= 0.6 is 0 Å². The Morgan fingerprint density at radius 1 is 1.20 bits per heavy atom. The van der Waals surface area contributed by atoms with Gasteiger partial charge in [0.2, 0.25) is 0 Å². The van der Waals surface area contributed by atoms with Gasteiger partial charge in [0.1, 0.15) is 5.69 Å². The molecular weight excluding hydrogens is 186 g/mol. The highest BCUT2D eigenvalue weighted by Gasteiger charge is 2.19. The zero-order valence-corrected chi connectivity index (χ0v) is 10.2. The van der Waals surface area contributed by atoms with Gasteiger partial charge in [-0.3, -0.25) is 4.79 Å². The highest BCUT2D eigenvalue weighted by molar-refractivity contribution is 5.96. The molecule has 0 spiro atoms. The highest BCUT2D eigenvalue weighted by Crippen LogP contribution is 2.16. The van der Waals surface area contributed by atoms with E-state index in [0.717, 1.165) is 11.3 Å². The van der Waals surface area contributed by atoms with E-state index in [9.17, 15) is 4.79 Å². The minimum absolute atomic E-state index is 0.0413. The van der Waals surface area contributed by atoms with Crippen LogP contribution in [-0.2, 0) is 0 Å². The maximum Gasteiger partial charge on any atom is 0.184 e. The van der Waals surface area contributed by atoms with Crippen LogP contribution in [0.15, 0.2) is 12.1 Å². The third kappa shape index (κ3) is 2.65. The summed E-state index contributed by atoms with van der Waals surface area (Å²) in [6.45, 7) is 10.0. The quantitative estimate of drug-likeness (QED) is 0.709. The molecule has 2 heteroatoms. The van der Waals surface area contributed by atoms with Crippen LogP contribution in [0.25, 0.3) is 0 Å². The molecule has 1 unspecified atom stereocenters. The van der Waals surface area contributed by atoms with Crippen molar-refractivity contribution in [2.24, 2.45) is 11.8 Å². The smallest absolute Gasteiger partial charge is 0.184 e. The minimum atomic E-state index is 0.0413. The first kappa shape index (κ1) is 11.9. The van der Waals surface area contributed by atoms with Gasteiger partial charge in [-0.25, -0.2) is 4.98 Å². The van der Waals surface area contributed by atoms with Crippen molar-refractivity contribution in [2.45, 2.75) is 34.6 Å². The Bertz CT molecular complexity index is 369. The summed E-state index contributed by atoms with van der Waals surface area (Å²) >= 11 is 0. The largest absolute Gasteiger partial charge is 0.292 e. The number of aryl methyl sites for hydroxylation is 2. The number of hydrogen-bond acceptors (Lipinski definition) is 2. The van der Waals surface area contributed by atoms with Crippen molar-refractivity contribution in [2.75, 3.05) is 0 Å². The van der Waals surface area contributed by atoms with Crippen LogP contribution in [0.5, 0.6) is 0 Å². The summed E-state index contributed by atoms with van der Waals surface area (Å²) in [6, 6.07) is 3.78. The van der Waals surface area contributed by atoms with Crippen LogP contribution in [0, 0.1) is 25.7 Å². The average molecular weight is 205 g/mol. The lowest BCUT2D eigenvalue weighted by molar-refractivity contribution is 0.0894. The van der Waals surface area contributed by atoms with Crippen molar-refractivity contribution in [1.29, 1.82) is 0 Å². The Morgan fingerprint density at radius 3 is 2.27 bits per heavy atom. The van der Waals surface area contributed by atoms with Crippen LogP contribution in [0.2, 0.25) is 0 Å². The maximum atomic E-state index is 12.0. The fourth-order valence-corrected chi connectivity index (χ4v) is 1.30. The summed E-state index contributed by atoms with van der Waals surface area (Å²) in [7, 11) is 0. The Labute approximate surface area is 91.7 Å². The van der Waals surface area contributed by atoms with E-state index in [1.54, 1.807) is 0 Å². The second-order valence-corrected chi connectivity index (χ2v) is 4.50. The molecule has 1 aromatic rings. The molecule has 0 N–H and O–H groups in total. The van der Waals surface area contributed by atoms with Gasteiger partial charge in [0, 0.05) is 11.6 Å². The topological polar surface area (TPSA) is 30.0 Å². The van der Waals surface area contributed by atoms with E-state index in [0.29, 0.717) is 11.6 Å². The van der Waals surface area contributed by atoms with E-state index >= 15 is 0 Å². The summed E-state index contributed by atoms with van der Waals surface area (Å²) in [6.07, 6.45) is 0. The van der Waals surface area contributed by atoms with Crippen LogP contribution in [-0.4, -0.2) is 10.8 Å². The number of pyridine rings is 1. The molecule has 0 saturated carbocycles. The van der Waals surface area contributed by atoms with Gasteiger partial charge >= 0.3 is 0 Å². The molecule has 0 aliphatic heterocycles. The van der Waals surface area contributed by atoms with Gasteiger partial charge in [-0.05, 0) is 31.4 Å². The summed E-state index contributed by atoms with van der Waals surface area (Å²) in [4.78, 5) is 16.3. The van der Waals surface area contributed by atoms with Crippen molar-refractivity contribution < 1.29 is 4.79 Å². The molecule has 1 aromatic heterocycles. The van der Waals surface area contributed by atoms with Crippen molar-refractivity contribution >= 4 is 5.78 Å². The van der Waals surface area contributed by atoms with Crippen molar-refractivity contribution in [3.05, 3.63) is 29.1 Å². The van der Waals surface area contributed by atoms with Crippen LogP contribution < -0.4 is 0 Å². The van der Waals surface area contributed by atoms with Gasteiger partial charge in [0.25, 0.3) is 0 Å². The number of carbonyl (C=O) groups excluding carboxylic acids is 1. The van der Waals surface area contributed by atoms with Gasteiger partial charge in [-0.15, -0.1) is 0 Å². The summed E-state index contributed by atoms with van der Waals surface area (Å²) in [5.74, 6) is 0.550. The van der Waals surface area contributed by atoms with Crippen molar-refractivity contribution in [3.63, 3.8) is 0 Å². The van der Waals surface area contributed by atoms with Crippen molar-refractivity contribution in [1.82, 2.24) is 4.98 Å². The van der Waals surface area contributed by atoms with E-state index in [4.69, 9.17) is 0 Å². The number of hydrogen-bond donors (Lipinski definition) is 0. The Morgan fingerprint density at radius 2 is 1.80 bits per heavy atom. The molecule has 82 valence electrons. The molecule has 15 heavy (non-hydrogen) atoms. The monoisotopic (exact) mass is 205 g/mol. The molecule has 0 aliphatic rings.